The van der Waals surface area contributed by atoms with Crippen molar-refractivity contribution >= 4 is 9.84 Å². The van der Waals surface area contributed by atoms with Crippen LogP contribution >= 0.6 is 0 Å². The Hall–Kier alpha value is -1.97. The average molecular weight is 334 g/mol. The van der Waals surface area contributed by atoms with Gasteiger partial charge in [0.1, 0.15) is 11.4 Å². The van der Waals surface area contributed by atoms with Gasteiger partial charge in [0.05, 0.1) is 11.4 Å². The molecule has 0 bridgehead atoms. The standard InChI is InChI=1S/C12H13F3N4O2S/c1-3-19-6-5-8(18-19)9-7-10(12(13,14)15)17-11(16-9)22(20,21)4-2/h5-7H,3-4H2,1-2H3. The van der Waals surface area contributed by atoms with Crippen molar-refractivity contribution in [1.29, 1.82) is 0 Å². The molecule has 0 unspecified atom stereocenters. The Morgan fingerprint density at radius 3 is 2.36 bits per heavy atom. The van der Waals surface area contributed by atoms with Crippen molar-refractivity contribution in [3.05, 3.63) is 24.0 Å². The van der Waals surface area contributed by atoms with E-state index in [0.717, 1.165) is 0 Å². The second-order valence-electron chi connectivity index (χ2n) is 4.38. The molecule has 2 heterocycles. The lowest BCUT2D eigenvalue weighted by Crippen LogP contribution is -2.16. The normalized spacial score (nSPS) is 12.6. The minimum absolute atomic E-state index is 0.155. The summed E-state index contributed by atoms with van der Waals surface area (Å²) >= 11 is 0. The van der Waals surface area contributed by atoms with Crippen LogP contribution in [-0.4, -0.2) is 33.9 Å². The van der Waals surface area contributed by atoms with Gasteiger partial charge in [0.2, 0.25) is 15.0 Å². The first-order chi connectivity index (χ1) is 10.2. The number of nitrogens with zero attached hydrogens (tertiary/aromatic N) is 4. The first-order valence-electron chi connectivity index (χ1n) is 6.40. The van der Waals surface area contributed by atoms with Crippen LogP contribution in [0.3, 0.4) is 0 Å². The second-order valence-corrected chi connectivity index (χ2v) is 6.55. The van der Waals surface area contributed by atoms with Crippen LogP contribution in [0.5, 0.6) is 0 Å². The quantitative estimate of drug-likeness (QED) is 0.801. The first kappa shape index (κ1) is 16.4. The van der Waals surface area contributed by atoms with Crippen LogP contribution in [-0.2, 0) is 22.6 Å². The zero-order valence-corrected chi connectivity index (χ0v) is 12.6. The van der Waals surface area contributed by atoms with Crippen molar-refractivity contribution < 1.29 is 21.6 Å². The van der Waals surface area contributed by atoms with Crippen LogP contribution in [0.4, 0.5) is 13.2 Å². The molecule has 0 spiro atoms. The van der Waals surface area contributed by atoms with Gasteiger partial charge in [-0.3, -0.25) is 4.68 Å². The lowest BCUT2D eigenvalue weighted by molar-refractivity contribution is -0.141. The predicted octanol–water partition coefficient (Wildman–Crippen LogP) is 2.17. The van der Waals surface area contributed by atoms with E-state index >= 15 is 0 Å². The summed E-state index contributed by atoms with van der Waals surface area (Å²) in [4.78, 5) is 6.87. The zero-order chi connectivity index (χ0) is 16.5. The van der Waals surface area contributed by atoms with Crippen molar-refractivity contribution in [3.63, 3.8) is 0 Å². The summed E-state index contributed by atoms with van der Waals surface area (Å²) in [6, 6.07) is 2.16. The third-order valence-corrected chi connectivity index (χ3v) is 4.38. The topological polar surface area (TPSA) is 77.7 Å². The van der Waals surface area contributed by atoms with Gasteiger partial charge >= 0.3 is 6.18 Å². The molecule has 0 aliphatic heterocycles. The molecule has 22 heavy (non-hydrogen) atoms. The highest BCUT2D eigenvalue weighted by molar-refractivity contribution is 7.91. The SMILES string of the molecule is CCn1ccc(-c2cc(C(F)(F)F)nc(S(=O)(=O)CC)n2)n1. The van der Waals surface area contributed by atoms with Gasteiger partial charge in [-0.1, -0.05) is 6.92 Å². The molecule has 0 saturated heterocycles. The zero-order valence-electron chi connectivity index (χ0n) is 11.8. The average Bonchev–Trinajstić information content (AvgIpc) is 2.95. The van der Waals surface area contributed by atoms with E-state index in [-0.39, 0.29) is 11.4 Å². The minimum atomic E-state index is -4.77. The van der Waals surface area contributed by atoms with E-state index < -0.39 is 32.6 Å². The Morgan fingerprint density at radius 2 is 1.86 bits per heavy atom. The largest absolute Gasteiger partial charge is 0.433 e. The molecule has 0 saturated carbocycles. The van der Waals surface area contributed by atoms with E-state index in [1.54, 1.807) is 6.20 Å². The highest BCUT2D eigenvalue weighted by atomic mass is 32.2. The number of aryl methyl sites for hydroxylation is 1. The third kappa shape index (κ3) is 3.26. The summed E-state index contributed by atoms with van der Waals surface area (Å²) in [5, 5.41) is 3.19. The maximum atomic E-state index is 12.9. The van der Waals surface area contributed by atoms with Crippen LogP contribution in [0.15, 0.2) is 23.5 Å². The minimum Gasteiger partial charge on any atom is -0.272 e. The van der Waals surface area contributed by atoms with Crippen LogP contribution < -0.4 is 0 Å². The van der Waals surface area contributed by atoms with E-state index in [0.29, 0.717) is 12.6 Å². The van der Waals surface area contributed by atoms with E-state index in [1.807, 2.05) is 6.92 Å². The Bertz CT molecular complexity index is 784. The van der Waals surface area contributed by atoms with Gasteiger partial charge in [-0.2, -0.15) is 18.3 Å². The van der Waals surface area contributed by atoms with Gasteiger partial charge in [-0.25, -0.2) is 18.4 Å². The van der Waals surface area contributed by atoms with Crippen molar-refractivity contribution in [1.82, 2.24) is 19.7 Å². The van der Waals surface area contributed by atoms with Gasteiger partial charge in [0.15, 0.2) is 0 Å². The monoisotopic (exact) mass is 334 g/mol. The Balaban J connectivity index is 2.66. The van der Waals surface area contributed by atoms with E-state index in [4.69, 9.17) is 0 Å². The molecular formula is C12H13F3N4O2S. The van der Waals surface area contributed by atoms with Gasteiger partial charge in [0, 0.05) is 12.7 Å². The fraction of sp³-hybridized carbons (Fsp3) is 0.417. The summed E-state index contributed by atoms with van der Waals surface area (Å²) in [5.74, 6) is -0.392. The van der Waals surface area contributed by atoms with Gasteiger partial charge in [-0.15, -0.1) is 0 Å². The summed E-state index contributed by atoms with van der Waals surface area (Å²) in [6.07, 6.45) is -3.21. The molecule has 0 amide bonds. The molecule has 0 aliphatic rings. The van der Waals surface area contributed by atoms with Gasteiger partial charge < -0.3 is 0 Å². The maximum absolute atomic E-state index is 12.9. The predicted molar refractivity (Wildman–Crippen MR) is 71.7 cm³/mol. The highest BCUT2D eigenvalue weighted by Crippen LogP contribution is 2.30. The van der Waals surface area contributed by atoms with Crippen molar-refractivity contribution in [2.75, 3.05) is 5.75 Å². The second kappa shape index (κ2) is 5.67. The maximum Gasteiger partial charge on any atom is 0.433 e. The molecule has 6 nitrogen and oxygen atoms in total. The lowest BCUT2D eigenvalue weighted by atomic mass is 10.2. The molecule has 0 radical (unpaired) electrons. The number of halogens is 3. The first-order valence-corrected chi connectivity index (χ1v) is 8.05. The molecule has 10 heteroatoms. The number of rotatable bonds is 4. The summed E-state index contributed by atoms with van der Waals surface area (Å²) in [7, 11) is -3.97. The Kier molecular flexibility index (Phi) is 4.23. The molecule has 0 fully saturated rings. The fourth-order valence-corrected chi connectivity index (χ4v) is 2.38. The molecule has 0 N–H and O–H groups in total. The van der Waals surface area contributed by atoms with Crippen LogP contribution in [0.1, 0.15) is 19.5 Å². The number of sulfone groups is 1. The molecule has 0 aromatic carbocycles. The summed E-state index contributed by atoms with van der Waals surface area (Å²) in [6.45, 7) is 3.65. The third-order valence-electron chi connectivity index (χ3n) is 2.88. The summed E-state index contributed by atoms with van der Waals surface area (Å²) in [5.41, 5.74) is -1.33. The molecule has 2 aromatic heterocycles. The number of alkyl halides is 3. The molecular weight excluding hydrogens is 321 g/mol. The number of hydrogen-bond acceptors (Lipinski definition) is 5. The number of hydrogen-bond donors (Lipinski definition) is 0. The van der Waals surface area contributed by atoms with Crippen LogP contribution in [0.25, 0.3) is 11.4 Å². The van der Waals surface area contributed by atoms with Gasteiger partial charge in [0.25, 0.3) is 0 Å². The Labute approximate surface area is 124 Å². The smallest absolute Gasteiger partial charge is 0.272 e. The molecule has 0 atom stereocenters. The van der Waals surface area contributed by atoms with Crippen molar-refractivity contribution in [3.8, 4) is 11.4 Å². The summed E-state index contributed by atoms with van der Waals surface area (Å²) < 4.78 is 63.9. The molecule has 0 aliphatic carbocycles. The fourth-order valence-electron chi connectivity index (χ4n) is 1.64. The van der Waals surface area contributed by atoms with E-state index in [9.17, 15) is 21.6 Å². The van der Waals surface area contributed by atoms with E-state index in [1.165, 1.54) is 17.7 Å². The molecule has 2 rings (SSSR count). The van der Waals surface area contributed by atoms with Crippen LogP contribution in [0, 0.1) is 0 Å². The molecule has 2 aromatic rings. The van der Waals surface area contributed by atoms with Gasteiger partial charge in [-0.05, 0) is 19.1 Å². The van der Waals surface area contributed by atoms with Crippen molar-refractivity contribution in [2.45, 2.75) is 31.7 Å². The van der Waals surface area contributed by atoms with E-state index in [2.05, 4.69) is 15.1 Å². The number of aromatic nitrogens is 4. The molecule has 120 valence electrons. The Morgan fingerprint density at radius 1 is 1.18 bits per heavy atom. The van der Waals surface area contributed by atoms with Crippen molar-refractivity contribution in [2.24, 2.45) is 0 Å². The lowest BCUT2D eigenvalue weighted by Gasteiger charge is -2.09. The van der Waals surface area contributed by atoms with Crippen LogP contribution in [0.2, 0.25) is 0 Å². The highest BCUT2D eigenvalue weighted by Gasteiger charge is 2.35.